The van der Waals surface area contributed by atoms with Gasteiger partial charge in [-0.15, -0.1) is 0 Å². The van der Waals surface area contributed by atoms with Crippen LogP contribution in [0.5, 0.6) is 0 Å². The zero-order valence-electron chi connectivity index (χ0n) is 20.3. The number of nitrogens with one attached hydrogen (secondary N) is 2. The maximum Gasteiger partial charge on any atom is 0.238 e. The molecule has 3 aromatic rings. The summed E-state index contributed by atoms with van der Waals surface area (Å²) in [4.78, 5) is 13.3. The molecule has 4 rings (SSSR count). The van der Waals surface area contributed by atoms with Crippen molar-refractivity contribution in [3.63, 3.8) is 0 Å². The molecule has 0 saturated heterocycles. The molecule has 1 heterocycles. The van der Waals surface area contributed by atoms with Crippen molar-refractivity contribution in [2.75, 3.05) is 0 Å². The maximum atomic E-state index is 13.2. The molecule has 1 saturated carbocycles. The Bertz CT molecular complexity index is 1340. The first-order valence-electron chi connectivity index (χ1n) is 11.8. The number of primary sulfonamides is 1. The second-order valence-electron chi connectivity index (χ2n) is 9.71. The summed E-state index contributed by atoms with van der Waals surface area (Å²) in [6, 6.07) is 18.1. The van der Waals surface area contributed by atoms with Crippen molar-refractivity contribution in [3.05, 3.63) is 76.5 Å². The van der Waals surface area contributed by atoms with E-state index < -0.39 is 21.6 Å². The molecule has 0 bridgehead atoms. The molecule has 1 aliphatic rings. The second kappa shape index (κ2) is 10.5. The molecule has 1 amide bonds. The Hall–Kier alpha value is -3.03. The lowest BCUT2D eigenvalue weighted by atomic mass is 9.95. The molecule has 0 radical (unpaired) electrons. The van der Waals surface area contributed by atoms with Crippen LogP contribution in [0.3, 0.4) is 0 Å². The second-order valence-corrected chi connectivity index (χ2v) is 12.1. The number of benzene rings is 2. The van der Waals surface area contributed by atoms with Crippen LogP contribution in [-0.2, 0) is 14.8 Å². The van der Waals surface area contributed by atoms with Gasteiger partial charge in [0.2, 0.25) is 15.9 Å². The van der Waals surface area contributed by atoms with Crippen LogP contribution < -0.4 is 15.8 Å². The summed E-state index contributed by atoms with van der Waals surface area (Å²) in [5, 5.41) is 25.2. The third kappa shape index (κ3) is 6.20. The van der Waals surface area contributed by atoms with E-state index in [2.05, 4.69) is 35.9 Å². The number of thiophene rings is 1. The van der Waals surface area contributed by atoms with Crippen LogP contribution in [0, 0.1) is 17.2 Å². The molecule has 7 nitrogen and oxygen atoms in total. The van der Waals surface area contributed by atoms with E-state index in [9.17, 15) is 18.5 Å². The van der Waals surface area contributed by atoms with Crippen molar-refractivity contribution in [2.24, 2.45) is 11.1 Å². The fraction of sp³-hybridized carbons (Fsp3) is 0.333. The highest BCUT2D eigenvalue weighted by Crippen LogP contribution is 2.35. The molecular weight excluding hydrogens is 492 g/mol. The van der Waals surface area contributed by atoms with Crippen molar-refractivity contribution in [1.29, 1.82) is 5.26 Å². The quantitative estimate of drug-likeness (QED) is 0.365. The van der Waals surface area contributed by atoms with Crippen LogP contribution in [-0.4, -0.2) is 25.9 Å². The highest BCUT2D eigenvalue weighted by atomic mass is 32.2. The third-order valence-electron chi connectivity index (χ3n) is 6.35. The first kappa shape index (κ1) is 26.0. The van der Waals surface area contributed by atoms with Crippen LogP contribution in [0.4, 0.5) is 0 Å². The van der Waals surface area contributed by atoms with Gasteiger partial charge >= 0.3 is 0 Å². The number of amides is 1. The number of nitrogens with two attached hydrogens (primary N) is 1. The molecule has 1 aromatic heterocycles. The number of nitriles is 1. The van der Waals surface area contributed by atoms with Gasteiger partial charge in [-0.25, -0.2) is 13.6 Å². The summed E-state index contributed by atoms with van der Waals surface area (Å²) < 4.78 is 23.1. The molecule has 188 valence electrons. The Morgan fingerprint density at radius 2 is 1.67 bits per heavy atom. The minimum absolute atomic E-state index is 0.0726. The predicted octanol–water partition coefficient (Wildman–Crippen LogP) is 4.33. The van der Waals surface area contributed by atoms with Crippen LogP contribution in [0.25, 0.3) is 11.1 Å². The molecule has 0 spiro atoms. The van der Waals surface area contributed by atoms with E-state index in [0.29, 0.717) is 19.3 Å². The van der Waals surface area contributed by atoms with Crippen LogP contribution in [0.1, 0.15) is 50.3 Å². The Morgan fingerprint density at radius 3 is 2.14 bits per heavy atom. The van der Waals surface area contributed by atoms with Gasteiger partial charge in [0.25, 0.3) is 0 Å². The topological polar surface area (TPSA) is 125 Å². The summed E-state index contributed by atoms with van der Waals surface area (Å²) >= 11 is 1.60. The van der Waals surface area contributed by atoms with Gasteiger partial charge in [0.05, 0.1) is 23.0 Å². The molecule has 2 atom stereocenters. The minimum atomic E-state index is -3.74. The number of hydrogen-bond acceptors (Lipinski definition) is 6. The summed E-state index contributed by atoms with van der Waals surface area (Å²) in [5.74, 6) is 0.144. The Kier molecular flexibility index (Phi) is 7.62. The van der Waals surface area contributed by atoms with Gasteiger partial charge in [-0.2, -0.15) is 16.6 Å². The molecule has 0 aliphatic heterocycles. The van der Waals surface area contributed by atoms with Gasteiger partial charge in [0.15, 0.2) is 0 Å². The SMILES string of the molecule is CC(C)C[C@H](N[C@@H](c1ccc(-c2ccc(S(N)(=O)=O)cc2)cc1)c1ccsc1)C(=O)NC1(C#N)CC1. The standard InChI is InChI=1S/C27H30N4O3S2/c1-18(2)15-24(26(32)31-27(17-28)12-13-27)30-25(22-11-14-35-16-22)21-5-3-19(4-6-21)20-7-9-23(10-8-20)36(29,33)34/h3-11,14,16,18,24-25,30H,12-13,15H2,1-2H3,(H,31,32)(H2,29,33,34)/t24-,25-/m0/s1. The van der Waals surface area contributed by atoms with Crippen molar-refractivity contribution in [3.8, 4) is 17.2 Å². The van der Waals surface area contributed by atoms with E-state index in [1.54, 1.807) is 23.5 Å². The van der Waals surface area contributed by atoms with Crippen LogP contribution >= 0.6 is 11.3 Å². The van der Waals surface area contributed by atoms with Gasteiger partial charge in [-0.3, -0.25) is 10.1 Å². The summed E-state index contributed by atoms with van der Waals surface area (Å²) in [6.07, 6.45) is 2.02. The van der Waals surface area contributed by atoms with E-state index in [-0.39, 0.29) is 22.8 Å². The Labute approximate surface area is 216 Å². The number of hydrogen-bond donors (Lipinski definition) is 3. The molecule has 1 aliphatic carbocycles. The van der Waals surface area contributed by atoms with Gasteiger partial charge in [-0.05, 0) is 76.4 Å². The normalized spacial score (nSPS) is 16.2. The molecule has 36 heavy (non-hydrogen) atoms. The van der Waals surface area contributed by atoms with Gasteiger partial charge < -0.3 is 5.32 Å². The highest BCUT2D eigenvalue weighted by molar-refractivity contribution is 7.89. The molecular formula is C27H30N4O3S2. The van der Waals surface area contributed by atoms with Crippen molar-refractivity contribution in [2.45, 2.75) is 55.6 Å². The minimum Gasteiger partial charge on any atom is -0.336 e. The Morgan fingerprint density at radius 1 is 1.06 bits per heavy atom. The van der Waals surface area contributed by atoms with Gasteiger partial charge in [-0.1, -0.05) is 50.2 Å². The summed E-state index contributed by atoms with van der Waals surface area (Å²) in [6.45, 7) is 4.16. The number of nitrogens with zero attached hydrogens (tertiary/aromatic N) is 1. The number of rotatable bonds is 10. The van der Waals surface area contributed by atoms with E-state index in [0.717, 1.165) is 22.3 Å². The lowest BCUT2D eigenvalue weighted by molar-refractivity contribution is -0.124. The van der Waals surface area contributed by atoms with Gasteiger partial charge in [0, 0.05) is 0 Å². The molecule has 0 unspecified atom stereocenters. The average Bonchev–Trinajstić information content (AvgIpc) is 3.41. The maximum absolute atomic E-state index is 13.2. The van der Waals surface area contributed by atoms with Crippen LogP contribution in [0.15, 0.2) is 70.3 Å². The van der Waals surface area contributed by atoms with Crippen molar-refractivity contribution >= 4 is 27.3 Å². The molecule has 2 aromatic carbocycles. The van der Waals surface area contributed by atoms with E-state index >= 15 is 0 Å². The fourth-order valence-corrected chi connectivity index (χ4v) is 5.37. The smallest absolute Gasteiger partial charge is 0.238 e. The number of carbonyl (C=O) groups excluding carboxylic acids is 1. The third-order valence-corrected chi connectivity index (χ3v) is 7.99. The monoisotopic (exact) mass is 522 g/mol. The number of carbonyl (C=O) groups is 1. The Balaban J connectivity index is 1.59. The first-order valence-corrected chi connectivity index (χ1v) is 14.3. The molecule has 4 N–H and O–H groups in total. The van der Waals surface area contributed by atoms with E-state index in [1.807, 2.05) is 35.7 Å². The highest BCUT2D eigenvalue weighted by Gasteiger charge is 2.45. The largest absolute Gasteiger partial charge is 0.336 e. The lowest BCUT2D eigenvalue weighted by Gasteiger charge is -2.27. The van der Waals surface area contributed by atoms with Crippen LogP contribution in [0.2, 0.25) is 0 Å². The van der Waals surface area contributed by atoms with Gasteiger partial charge in [0.1, 0.15) is 5.54 Å². The van der Waals surface area contributed by atoms with E-state index in [1.165, 1.54) is 12.1 Å². The van der Waals surface area contributed by atoms with Crippen molar-refractivity contribution in [1.82, 2.24) is 10.6 Å². The van der Waals surface area contributed by atoms with E-state index in [4.69, 9.17) is 5.14 Å². The average molecular weight is 523 g/mol. The summed E-state index contributed by atoms with van der Waals surface area (Å²) in [7, 11) is -3.74. The van der Waals surface area contributed by atoms with Crippen molar-refractivity contribution < 1.29 is 13.2 Å². The summed E-state index contributed by atoms with van der Waals surface area (Å²) in [5.41, 5.74) is 3.16. The zero-order chi connectivity index (χ0) is 25.9. The number of sulfonamides is 1. The predicted molar refractivity (Wildman–Crippen MR) is 142 cm³/mol. The first-order chi connectivity index (χ1) is 17.1. The zero-order valence-corrected chi connectivity index (χ0v) is 21.9. The molecule has 9 heteroatoms. The fourth-order valence-electron chi connectivity index (χ4n) is 4.17. The lowest BCUT2D eigenvalue weighted by Crippen LogP contribution is -2.50. The molecule has 1 fully saturated rings.